The van der Waals surface area contributed by atoms with E-state index in [0.717, 1.165) is 31.6 Å². The van der Waals surface area contributed by atoms with E-state index in [-0.39, 0.29) is 0 Å². The SMILES string of the molecule is NC(=O)c1ccc(N2CC3CCC(C2)O3)c(N)c1. The van der Waals surface area contributed by atoms with Gasteiger partial charge in [0.1, 0.15) is 0 Å². The molecule has 2 atom stereocenters. The molecule has 0 aromatic heterocycles. The number of carbonyl (C=O) groups is 1. The maximum atomic E-state index is 11.1. The van der Waals surface area contributed by atoms with E-state index < -0.39 is 5.91 Å². The van der Waals surface area contributed by atoms with Crippen molar-refractivity contribution < 1.29 is 9.53 Å². The van der Waals surface area contributed by atoms with E-state index in [1.54, 1.807) is 12.1 Å². The molecule has 0 aliphatic carbocycles. The van der Waals surface area contributed by atoms with E-state index >= 15 is 0 Å². The molecule has 2 saturated heterocycles. The minimum atomic E-state index is -0.449. The lowest BCUT2D eigenvalue weighted by Crippen LogP contribution is -2.42. The van der Waals surface area contributed by atoms with E-state index in [9.17, 15) is 4.79 Å². The Morgan fingerprint density at radius 3 is 2.50 bits per heavy atom. The van der Waals surface area contributed by atoms with Crippen molar-refractivity contribution in [3.63, 3.8) is 0 Å². The van der Waals surface area contributed by atoms with Crippen LogP contribution in [-0.4, -0.2) is 31.2 Å². The zero-order chi connectivity index (χ0) is 12.7. The minimum Gasteiger partial charge on any atom is -0.397 e. The molecule has 1 aromatic rings. The zero-order valence-corrected chi connectivity index (χ0v) is 10.1. The van der Waals surface area contributed by atoms with Gasteiger partial charge in [0, 0.05) is 18.7 Å². The van der Waals surface area contributed by atoms with Crippen LogP contribution in [0.5, 0.6) is 0 Å². The predicted octanol–water partition coefficient (Wildman–Crippen LogP) is 0.735. The Hall–Kier alpha value is -1.75. The van der Waals surface area contributed by atoms with Crippen LogP contribution >= 0.6 is 0 Å². The average Bonchev–Trinajstić information content (AvgIpc) is 2.68. The summed E-state index contributed by atoms with van der Waals surface area (Å²) in [6.07, 6.45) is 2.89. The third-order valence-corrected chi connectivity index (χ3v) is 3.70. The third kappa shape index (κ3) is 1.90. The van der Waals surface area contributed by atoms with Gasteiger partial charge in [-0.2, -0.15) is 0 Å². The number of ether oxygens (including phenoxy) is 1. The molecule has 0 radical (unpaired) electrons. The highest BCUT2D eigenvalue weighted by Gasteiger charge is 2.34. The number of carbonyl (C=O) groups excluding carboxylic acids is 1. The van der Waals surface area contributed by atoms with E-state index in [0.29, 0.717) is 23.5 Å². The van der Waals surface area contributed by atoms with E-state index in [1.807, 2.05) is 6.07 Å². The summed E-state index contributed by atoms with van der Waals surface area (Å²) < 4.78 is 5.79. The average molecular weight is 247 g/mol. The van der Waals surface area contributed by atoms with Crippen LogP contribution < -0.4 is 16.4 Å². The molecular formula is C13H17N3O2. The van der Waals surface area contributed by atoms with Gasteiger partial charge in [0.05, 0.1) is 23.6 Å². The van der Waals surface area contributed by atoms with Gasteiger partial charge >= 0.3 is 0 Å². The van der Waals surface area contributed by atoms with Crippen LogP contribution in [-0.2, 0) is 4.74 Å². The lowest BCUT2D eigenvalue weighted by Gasteiger charge is -2.34. The Kier molecular flexibility index (Phi) is 2.63. The van der Waals surface area contributed by atoms with Gasteiger partial charge in [-0.05, 0) is 31.0 Å². The molecule has 96 valence electrons. The zero-order valence-electron chi connectivity index (χ0n) is 10.1. The van der Waals surface area contributed by atoms with Crippen LogP contribution in [0, 0.1) is 0 Å². The fraction of sp³-hybridized carbons (Fsp3) is 0.462. The molecule has 2 aliphatic rings. The van der Waals surface area contributed by atoms with Crippen molar-refractivity contribution in [3.8, 4) is 0 Å². The van der Waals surface area contributed by atoms with Gasteiger partial charge in [-0.3, -0.25) is 4.79 Å². The second-order valence-corrected chi connectivity index (χ2v) is 5.00. The number of nitrogens with two attached hydrogens (primary N) is 2. The first-order chi connectivity index (χ1) is 8.63. The Morgan fingerprint density at radius 2 is 1.94 bits per heavy atom. The molecule has 2 unspecified atom stereocenters. The lowest BCUT2D eigenvalue weighted by molar-refractivity contribution is 0.0305. The molecule has 3 rings (SSSR count). The van der Waals surface area contributed by atoms with Gasteiger partial charge in [-0.1, -0.05) is 0 Å². The molecule has 2 bridgehead atoms. The first-order valence-corrected chi connectivity index (χ1v) is 6.23. The summed E-state index contributed by atoms with van der Waals surface area (Å²) in [5.74, 6) is -0.449. The van der Waals surface area contributed by atoms with Crippen LogP contribution in [0.15, 0.2) is 18.2 Å². The lowest BCUT2D eigenvalue weighted by atomic mass is 10.1. The summed E-state index contributed by atoms with van der Waals surface area (Å²) in [5, 5.41) is 0. The number of rotatable bonds is 2. The quantitative estimate of drug-likeness (QED) is 0.755. The summed E-state index contributed by atoms with van der Waals surface area (Å²) in [6.45, 7) is 1.74. The van der Waals surface area contributed by atoms with E-state index in [1.165, 1.54) is 0 Å². The number of anilines is 2. The second kappa shape index (κ2) is 4.17. The van der Waals surface area contributed by atoms with Crippen LogP contribution in [0.2, 0.25) is 0 Å². The maximum Gasteiger partial charge on any atom is 0.248 e. The molecule has 2 aliphatic heterocycles. The maximum absolute atomic E-state index is 11.1. The number of primary amides is 1. The van der Waals surface area contributed by atoms with Crippen LogP contribution in [0.3, 0.4) is 0 Å². The van der Waals surface area contributed by atoms with Crippen molar-refractivity contribution in [2.45, 2.75) is 25.0 Å². The number of nitrogens with zero attached hydrogens (tertiary/aromatic N) is 1. The first-order valence-electron chi connectivity index (χ1n) is 6.23. The third-order valence-electron chi connectivity index (χ3n) is 3.70. The van der Waals surface area contributed by atoms with Gasteiger partial charge < -0.3 is 21.1 Å². The Bertz CT molecular complexity index is 477. The van der Waals surface area contributed by atoms with Crippen molar-refractivity contribution in [3.05, 3.63) is 23.8 Å². The normalized spacial score (nSPS) is 26.3. The molecule has 5 nitrogen and oxygen atoms in total. The van der Waals surface area contributed by atoms with Crippen molar-refractivity contribution in [1.29, 1.82) is 0 Å². The Labute approximate surface area is 106 Å². The largest absolute Gasteiger partial charge is 0.397 e. The number of morpholine rings is 1. The molecule has 2 heterocycles. The summed E-state index contributed by atoms with van der Waals surface area (Å²) in [6, 6.07) is 5.25. The summed E-state index contributed by atoms with van der Waals surface area (Å²) >= 11 is 0. The number of hydrogen-bond acceptors (Lipinski definition) is 4. The van der Waals surface area contributed by atoms with Crippen LogP contribution in [0.25, 0.3) is 0 Å². The Balaban J connectivity index is 1.86. The van der Waals surface area contributed by atoms with E-state index in [2.05, 4.69) is 4.90 Å². The van der Waals surface area contributed by atoms with Gasteiger partial charge in [0.15, 0.2) is 0 Å². The number of hydrogen-bond donors (Lipinski definition) is 2. The molecule has 0 saturated carbocycles. The fourth-order valence-electron chi connectivity index (χ4n) is 2.81. The van der Waals surface area contributed by atoms with Crippen LogP contribution in [0.1, 0.15) is 23.2 Å². The fourth-order valence-corrected chi connectivity index (χ4v) is 2.81. The van der Waals surface area contributed by atoms with Gasteiger partial charge in [0.25, 0.3) is 0 Å². The molecule has 0 spiro atoms. The van der Waals surface area contributed by atoms with Crippen molar-refractivity contribution >= 4 is 17.3 Å². The van der Waals surface area contributed by atoms with Gasteiger partial charge in [-0.15, -0.1) is 0 Å². The molecule has 18 heavy (non-hydrogen) atoms. The monoisotopic (exact) mass is 247 g/mol. The highest BCUT2D eigenvalue weighted by molar-refractivity contribution is 5.94. The highest BCUT2D eigenvalue weighted by atomic mass is 16.5. The molecule has 1 aromatic carbocycles. The van der Waals surface area contributed by atoms with E-state index in [4.69, 9.17) is 16.2 Å². The predicted molar refractivity (Wildman–Crippen MR) is 69.5 cm³/mol. The molecule has 5 heteroatoms. The molecular weight excluding hydrogens is 230 g/mol. The van der Waals surface area contributed by atoms with Crippen molar-refractivity contribution in [2.75, 3.05) is 23.7 Å². The standard InChI is InChI=1S/C13H17N3O2/c14-11-5-8(13(15)17)1-4-12(11)16-6-9-2-3-10(7-16)18-9/h1,4-5,9-10H,2-3,6-7,14H2,(H2,15,17). The van der Waals surface area contributed by atoms with Crippen LogP contribution in [0.4, 0.5) is 11.4 Å². The molecule has 1 amide bonds. The van der Waals surface area contributed by atoms with Gasteiger partial charge in [0.2, 0.25) is 5.91 Å². The highest BCUT2D eigenvalue weighted by Crippen LogP contribution is 2.32. The molecule has 4 N–H and O–H groups in total. The minimum absolute atomic E-state index is 0.318. The molecule has 2 fully saturated rings. The summed E-state index contributed by atoms with van der Waals surface area (Å²) in [5.41, 5.74) is 13.3. The number of nitrogen functional groups attached to an aromatic ring is 1. The smallest absolute Gasteiger partial charge is 0.248 e. The summed E-state index contributed by atoms with van der Waals surface area (Å²) in [7, 11) is 0. The number of fused-ring (bicyclic) bond motifs is 2. The summed E-state index contributed by atoms with van der Waals surface area (Å²) in [4.78, 5) is 13.3. The topological polar surface area (TPSA) is 81.6 Å². The second-order valence-electron chi connectivity index (χ2n) is 5.00. The number of amides is 1. The van der Waals surface area contributed by atoms with Gasteiger partial charge in [-0.25, -0.2) is 0 Å². The number of benzene rings is 1. The first kappa shape index (κ1) is 11.3. The van der Waals surface area contributed by atoms with Crippen molar-refractivity contribution in [2.24, 2.45) is 5.73 Å². The Morgan fingerprint density at radius 1 is 1.28 bits per heavy atom. The van der Waals surface area contributed by atoms with Crippen molar-refractivity contribution in [1.82, 2.24) is 0 Å².